The van der Waals surface area contributed by atoms with Gasteiger partial charge in [0.2, 0.25) is 0 Å². The summed E-state index contributed by atoms with van der Waals surface area (Å²) in [5, 5.41) is 3.36. The van der Waals surface area contributed by atoms with Gasteiger partial charge < -0.3 is 19.4 Å². The molecule has 2 fully saturated rings. The lowest BCUT2D eigenvalue weighted by atomic mass is 9.94. The number of hydrogen-bond acceptors (Lipinski definition) is 7. The minimum atomic E-state index is -0.226. The smallest absolute Gasteiger partial charge is 0.144 e. The van der Waals surface area contributed by atoms with E-state index in [1.54, 1.807) is 18.6 Å². The van der Waals surface area contributed by atoms with Crippen LogP contribution in [0.3, 0.4) is 0 Å². The van der Waals surface area contributed by atoms with Gasteiger partial charge in [-0.2, -0.15) is 0 Å². The number of rotatable bonds is 5. The Hall–Kier alpha value is -2.03. The molecule has 2 aliphatic heterocycles. The predicted octanol–water partition coefficient (Wildman–Crippen LogP) is 0.930. The van der Waals surface area contributed by atoms with E-state index in [4.69, 9.17) is 9.47 Å². The van der Waals surface area contributed by atoms with E-state index < -0.39 is 0 Å². The Morgan fingerprint density at radius 3 is 3.08 bits per heavy atom. The molecule has 0 aromatic carbocycles. The molecule has 4 rings (SSSR count). The molecule has 26 heavy (non-hydrogen) atoms. The summed E-state index contributed by atoms with van der Waals surface area (Å²) >= 11 is 0. The van der Waals surface area contributed by atoms with Crippen molar-refractivity contribution in [3.05, 3.63) is 36.8 Å². The third kappa shape index (κ3) is 4.03. The lowest BCUT2D eigenvalue weighted by molar-refractivity contribution is -0.0564. The first-order chi connectivity index (χ1) is 12.7. The fraction of sp³-hybridized carbons (Fsp3) is 0.611. The van der Waals surface area contributed by atoms with Crippen LogP contribution in [0.2, 0.25) is 0 Å². The molecule has 2 atom stereocenters. The standard InChI is InChI=1S/C18H26N6O2/c1-23-5-4-21-17(23)11-24-6-7-25-14-18(13-24)8-15(12-26-18)9-22-16-10-19-2-3-20-16/h2-5,10,15H,6-9,11-14H2,1H3,(H,20,22)/t15-,18-/m0/s1. The maximum absolute atomic E-state index is 6.27. The van der Waals surface area contributed by atoms with E-state index in [2.05, 4.69) is 29.7 Å². The Bertz CT molecular complexity index is 709. The van der Waals surface area contributed by atoms with Gasteiger partial charge in [-0.25, -0.2) is 9.97 Å². The number of anilines is 1. The molecule has 2 aliphatic rings. The molecular formula is C18H26N6O2. The largest absolute Gasteiger partial charge is 0.377 e. The van der Waals surface area contributed by atoms with Gasteiger partial charge in [-0.15, -0.1) is 0 Å². The van der Waals surface area contributed by atoms with Crippen LogP contribution in [0, 0.1) is 5.92 Å². The van der Waals surface area contributed by atoms with Crippen LogP contribution < -0.4 is 5.32 Å². The molecule has 2 saturated heterocycles. The molecule has 8 heteroatoms. The SMILES string of the molecule is Cn1ccnc1CN1CCOC[C@]2(C[C@@H](CNc3cnccn3)CO2)C1. The molecular weight excluding hydrogens is 332 g/mol. The van der Waals surface area contributed by atoms with E-state index in [9.17, 15) is 0 Å². The molecule has 1 N–H and O–H groups in total. The Kier molecular flexibility index (Phi) is 5.14. The maximum Gasteiger partial charge on any atom is 0.144 e. The van der Waals surface area contributed by atoms with E-state index in [-0.39, 0.29) is 5.60 Å². The van der Waals surface area contributed by atoms with Gasteiger partial charge in [0.05, 0.1) is 32.6 Å². The Morgan fingerprint density at radius 1 is 1.31 bits per heavy atom. The van der Waals surface area contributed by atoms with Gasteiger partial charge in [0, 0.05) is 57.4 Å². The molecule has 0 amide bonds. The molecule has 2 aromatic rings. The second kappa shape index (κ2) is 7.69. The Morgan fingerprint density at radius 2 is 2.27 bits per heavy atom. The predicted molar refractivity (Wildman–Crippen MR) is 96.6 cm³/mol. The first kappa shape index (κ1) is 17.4. The lowest BCUT2D eigenvalue weighted by Crippen LogP contribution is -2.44. The van der Waals surface area contributed by atoms with Crippen LogP contribution in [0.4, 0.5) is 5.82 Å². The molecule has 0 saturated carbocycles. The minimum Gasteiger partial charge on any atom is -0.377 e. The van der Waals surface area contributed by atoms with Crippen molar-refractivity contribution in [2.45, 2.75) is 18.6 Å². The summed E-state index contributed by atoms with van der Waals surface area (Å²) < 4.78 is 14.2. The Labute approximate surface area is 153 Å². The van der Waals surface area contributed by atoms with Crippen LogP contribution in [0.25, 0.3) is 0 Å². The topological polar surface area (TPSA) is 77.3 Å². The quantitative estimate of drug-likeness (QED) is 0.852. The van der Waals surface area contributed by atoms with Gasteiger partial charge in [0.25, 0.3) is 0 Å². The molecule has 0 aliphatic carbocycles. The fourth-order valence-electron chi connectivity index (χ4n) is 3.79. The normalized spacial score (nSPS) is 26.9. The number of aromatic nitrogens is 4. The summed E-state index contributed by atoms with van der Waals surface area (Å²) in [6, 6.07) is 0. The van der Waals surface area contributed by atoms with Crippen molar-refractivity contribution < 1.29 is 9.47 Å². The van der Waals surface area contributed by atoms with Gasteiger partial charge in [-0.1, -0.05) is 0 Å². The number of ether oxygens (including phenoxy) is 2. The van der Waals surface area contributed by atoms with Gasteiger partial charge in [-0.05, 0) is 6.42 Å². The first-order valence-electron chi connectivity index (χ1n) is 9.13. The van der Waals surface area contributed by atoms with Crippen LogP contribution >= 0.6 is 0 Å². The molecule has 8 nitrogen and oxygen atoms in total. The summed E-state index contributed by atoms with van der Waals surface area (Å²) in [6.07, 6.45) is 9.94. The number of aryl methyl sites for hydroxylation is 1. The van der Waals surface area contributed by atoms with Crippen molar-refractivity contribution in [2.24, 2.45) is 13.0 Å². The zero-order chi connectivity index (χ0) is 17.8. The van der Waals surface area contributed by atoms with Gasteiger partial charge in [-0.3, -0.25) is 9.88 Å². The third-order valence-electron chi connectivity index (χ3n) is 5.14. The lowest BCUT2D eigenvalue weighted by Gasteiger charge is -2.31. The number of nitrogens with zero attached hydrogens (tertiary/aromatic N) is 5. The van der Waals surface area contributed by atoms with Crippen molar-refractivity contribution in [3.8, 4) is 0 Å². The van der Waals surface area contributed by atoms with E-state index in [1.165, 1.54) is 0 Å². The molecule has 0 bridgehead atoms. The zero-order valence-corrected chi connectivity index (χ0v) is 15.2. The van der Waals surface area contributed by atoms with Gasteiger partial charge in [0.15, 0.2) is 0 Å². The highest BCUT2D eigenvalue weighted by atomic mass is 16.5. The Balaban J connectivity index is 1.35. The van der Waals surface area contributed by atoms with Crippen molar-refractivity contribution in [1.29, 1.82) is 0 Å². The van der Waals surface area contributed by atoms with E-state index in [1.807, 2.05) is 19.4 Å². The van der Waals surface area contributed by atoms with Crippen molar-refractivity contribution in [3.63, 3.8) is 0 Å². The average Bonchev–Trinajstić information content (AvgIpc) is 3.18. The summed E-state index contributed by atoms with van der Waals surface area (Å²) in [5.74, 6) is 2.32. The van der Waals surface area contributed by atoms with E-state index in [0.717, 1.165) is 57.5 Å². The molecule has 2 aromatic heterocycles. The highest BCUT2D eigenvalue weighted by molar-refractivity contribution is 5.29. The highest BCUT2D eigenvalue weighted by Crippen LogP contribution is 2.33. The fourth-order valence-corrected chi connectivity index (χ4v) is 3.79. The number of nitrogens with one attached hydrogen (secondary N) is 1. The molecule has 140 valence electrons. The summed E-state index contributed by atoms with van der Waals surface area (Å²) in [4.78, 5) is 15.2. The van der Waals surface area contributed by atoms with E-state index >= 15 is 0 Å². The third-order valence-corrected chi connectivity index (χ3v) is 5.14. The summed E-state index contributed by atoms with van der Waals surface area (Å²) in [7, 11) is 2.03. The number of imidazole rings is 1. The second-order valence-corrected chi connectivity index (χ2v) is 7.25. The van der Waals surface area contributed by atoms with Crippen molar-refractivity contribution >= 4 is 5.82 Å². The molecule has 0 unspecified atom stereocenters. The average molecular weight is 358 g/mol. The van der Waals surface area contributed by atoms with Crippen molar-refractivity contribution in [2.75, 3.05) is 44.8 Å². The van der Waals surface area contributed by atoms with Crippen molar-refractivity contribution in [1.82, 2.24) is 24.4 Å². The van der Waals surface area contributed by atoms with E-state index in [0.29, 0.717) is 12.5 Å². The van der Waals surface area contributed by atoms with Crippen LogP contribution in [-0.4, -0.2) is 69.5 Å². The van der Waals surface area contributed by atoms with Crippen LogP contribution in [0.5, 0.6) is 0 Å². The van der Waals surface area contributed by atoms with Crippen LogP contribution in [0.15, 0.2) is 31.0 Å². The molecule has 4 heterocycles. The summed E-state index contributed by atoms with van der Waals surface area (Å²) in [6.45, 7) is 5.57. The minimum absolute atomic E-state index is 0.226. The first-order valence-corrected chi connectivity index (χ1v) is 9.13. The molecule has 1 spiro atoms. The van der Waals surface area contributed by atoms with Crippen LogP contribution in [-0.2, 0) is 23.1 Å². The summed E-state index contributed by atoms with van der Waals surface area (Å²) in [5.41, 5.74) is -0.226. The second-order valence-electron chi connectivity index (χ2n) is 7.25. The zero-order valence-electron chi connectivity index (χ0n) is 15.2. The van der Waals surface area contributed by atoms with Gasteiger partial charge >= 0.3 is 0 Å². The highest BCUT2D eigenvalue weighted by Gasteiger charge is 2.43. The van der Waals surface area contributed by atoms with Gasteiger partial charge in [0.1, 0.15) is 17.2 Å². The monoisotopic (exact) mass is 358 g/mol. The van der Waals surface area contributed by atoms with Crippen LogP contribution in [0.1, 0.15) is 12.2 Å². The maximum atomic E-state index is 6.27. The number of hydrogen-bond donors (Lipinski definition) is 1. The molecule has 0 radical (unpaired) electrons.